The molecule has 1 aliphatic rings. The van der Waals surface area contributed by atoms with Crippen LogP contribution in [0.2, 0.25) is 0 Å². The van der Waals surface area contributed by atoms with Crippen LogP contribution < -0.4 is 0 Å². The largest absolute Gasteiger partial charge is 0.458 e. The van der Waals surface area contributed by atoms with E-state index in [0.717, 1.165) is 0 Å². The fraction of sp³-hybridized carbons (Fsp3) is 0.636. The van der Waals surface area contributed by atoms with Crippen LogP contribution in [0.5, 0.6) is 0 Å². The zero-order chi connectivity index (χ0) is 11.4. The maximum absolute atomic E-state index is 10.8. The van der Waals surface area contributed by atoms with Gasteiger partial charge >= 0.3 is 11.9 Å². The quantitative estimate of drug-likeness (QED) is 0.513. The highest BCUT2D eigenvalue weighted by Gasteiger charge is 2.26. The Morgan fingerprint density at radius 1 is 1.13 bits per heavy atom. The molecule has 0 bridgehead atoms. The third-order valence-electron chi connectivity index (χ3n) is 2.30. The molecule has 0 aromatic carbocycles. The second-order valence-corrected chi connectivity index (χ2v) is 3.82. The van der Waals surface area contributed by atoms with Crippen LogP contribution in [0.4, 0.5) is 0 Å². The smallest absolute Gasteiger partial charge is 0.303 e. The van der Waals surface area contributed by atoms with Crippen LogP contribution in [0, 0.1) is 5.92 Å². The molecule has 15 heavy (non-hydrogen) atoms. The van der Waals surface area contributed by atoms with E-state index in [0.29, 0.717) is 6.42 Å². The van der Waals surface area contributed by atoms with Crippen LogP contribution >= 0.6 is 0 Å². The fourth-order valence-electron chi connectivity index (χ4n) is 1.65. The topological polar surface area (TPSA) is 52.6 Å². The Bertz CT molecular complexity index is 282. The summed E-state index contributed by atoms with van der Waals surface area (Å²) in [5.74, 6) is -0.409. The molecular weight excluding hydrogens is 196 g/mol. The summed E-state index contributed by atoms with van der Waals surface area (Å²) in [6.07, 6.45) is 3.85. The van der Waals surface area contributed by atoms with E-state index in [4.69, 9.17) is 9.47 Å². The Hall–Kier alpha value is -1.32. The molecule has 0 heterocycles. The first-order chi connectivity index (χ1) is 6.99. The van der Waals surface area contributed by atoms with Crippen molar-refractivity contribution in [3.8, 4) is 0 Å². The van der Waals surface area contributed by atoms with E-state index in [1.165, 1.54) is 13.8 Å². The molecule has 0 aromatic rings. The highest BCUT2D eigenvalue weighted by molar-refractivity contribution is 5.67. The summed E-state index contributed by atoms with van der Waals surface area (Å²) >= 11 is 0. The summed E-state index contributed by atoms with van der Waals surface area (Å²) in [6.45, 7) is 4.74. The SMILES string of the molecule is CC(=O)O[C@@H]1C=C[C@@H](OC(C)=O)[C@@H](C)C1. The fourth-order valence-corrected chi connectivity index (χ4v) is 1.65. The van der Waals surface area contributed by atoms with Crippen molar-refractivity contribution in [2.24, 2.45) is 5.92 Å². The Morgan fingerprint density at radius 3 is 2.20 bits per heavy atom. The van der Waals surface area contributed by atoms with Crippen molar-refractivity contribution in [2.75, 3.05) is 0 Å². The predicted molar refractivity (Wildman–Crippen MR) is 54.0 cm³/mol. The Kier molecular flexibility index (Phi) is 3.88. The molecule has 0 fully saturated rings. The number of carbonyl (C=O) groups is 2. The van der Waals surface area contributed by atoms with Crippen LogP contribution in [-0.2, 0) is 19.1 Å². The lowest BCUT2D eigenvalue weighted by atomic mass is 9.91. The molecule has 0 aliphatic heterocycles. The molecule has 1 aliphatic carbocycles. The van der Waals surface area contributed by atoms with Gasteiger partial charge in [-0.3, -0.25) is 9.59 Å². The number of carbonyl (C=O) groups excluding carboxylic acids is 2. The van der Waals surface area contributed by atoms with Gasteiger partial charge in [0.1, 0.15) is 12.2 Å². The number of rotatable bonds is 2. The van der Waals surface area contributed by atoms with Gasteiger partial charge in [-0.15, -0.1) is 0 Å². The van der Waals surface area contributed by atoms with Crippen molar-refractivity contribution in [3.05, 3.63) is 12.2 Å². The van der Waals surface area contributed by atoms with Gasteiger partial charge in [0.15, 0.2) is 0 Å². The zero-order valence-electron chi connectivity index (χ0n) is 9.23. The van der Waals surface area contributed by atoms with E-state index in [1.807, 2.05) is 6.92 Å². The molecule has 4 nitrogen and oxygen atoms in total. The number of hydrogen-bond acceptors (Lipinski definition) is 4. The van der Waals surface area contributed by atoms with E-state index in [2.05, 4.69) is 0 Å². The van der Waals surface area contributed by atoms with Crippen LogP contribution in [0.3, 0.4) is 0 Å². The van der Waals surface area contributed by atoms with E-state index in [-0.39, 0.29) is 30.1 Å². The lowest BCUT2D eigenvalue weighted by molar-refractivity contribution is -0.151. The van der Waals surface area contributed by atoms with Gasteiger partial charge in [0.25, 0.3) is 0 Å². The van der Waals surface area contributed by atoms with E-state index >= 15 is 0 Å². The molecule has 0 aromatic heterocycles. The van der Waals surface area contributed by atoms with Gasteiger partial charge in [0.05, 0.1) is 0 Å². The molecule has 3 atom stereocenters. The van der Waals surface area contributed by atoms with E-state index in [1.54, 1.807) is 12.2 Å². The van der Waals surface area contributed by atoms with Gasteiger partial charge in [0, 0.05) is 19.8 Å². The molecule has 0 saturated heterocycles. The third-order valence-corrected chi connectivity index (χ3v) is 2.30. The minimum Gasteiger partial charge on any atom is -0.458 e. The second-order valence-electron chi connectivity index (χ2n) is 3.82. The summed E-state index contributed by atoms with van der Waals surface area (Å²) in [5, 5.41) is 0. The lowest BCUT2D eigenvalue weighted by Crippen LogP contribution is -2.31. The second kappa shape index (κ2) is 4.96. The third kappa shape index (κ3) is 3.73. The van der Waals surface area contributed by atoms with Crippen molar-refractivity contribution in [1.82, 2.24) is 0 Å². The van der Waals surface area contributed by atoms with Gasteiger partial charge in [-0.25, -0.2) is 0 Å². The summed E-state index contributed by atoms with van der Waals surface area (Å²) < 4.78 is 10.1. The van der Waals surface area contributed by atoms with Crippen molar-refractivity contribution >= 4 is 11.9 Å². The molecule has 0 radical (unpaired) electrons. The average molecular weight is 212 g/mol. The Morgan fingerprint density at radius 2 is 1.73 bits per heavy atom. The van der Waals surface area contributed by atoms with Crippen molar-refractivity contribution in [1.29, 1.82) is 0 Å². The molecule has 0 unspecified atom stereocenters. The number of esters is 2. The highest BCUT2D eigenvalue weighted by Crippen LogP contribution is 2.23. The Balaban J connectivity index is 2.54. The first kappa shape index (κ1) is 11.8. The average Bonchev–Trinajstić information content (AvgIpc) is 2.08. The summed E-state index contributed by atoms with van der Waals surface area (Å²) in [7, 11) is 0. The van der Waals surface area contributed by atoms with Crippen molar-refractivity contribution < 1.29 is 19.1 Å². The first-order valence-corrected chi connectivity index (χ1v) is 5.02. The van der Waals surface area contributed by atoms with Gasteiger partial charge in [-0.1, -0.05) is 6.92 Å². The minimum atomic E-state index is -0.289. The molecule has 0 spiro atoms. The molecule has 0 saturated carbocycles. The standard InChI is InChI=1S/C11H16O4/c1-7-6-10(14-8(2)12)4-5-11(7)15-9(3)13/h4-5,7,10-11H,6H2,1-3H3/t7-,10+,11+/m0/s1. The minimum absolute atomic E-state index is 0.170. The van der Waals surface area contributed by atoms with Crippen molar-refractivity contribution in [2.45, 2.75) is 39.4 Å². The van der Waals surface area contributed by atoms with Gasteiger partial charge < -0.3 is 9.47 Å². The summed E-state index contributed by atoms with van der Waals surface area (Å²) in [5.41, 5.74) is 0. The Labute approximate surface area is 89.2 Å². The summed E-state index contributed by atoms with van der Waals surface area (Å²) in [6, 6.07) is 0. The van der Waals surface area contributed by atoms with Gasteiger partial charge in [-0.2, -0.15) is 0 Å². The van der Waals surface area contributed by atoms with Gasteiger partial charge in [0.2, 0.25) is 0 Å². The number of ether oxygens (including phenoxy) is 2. The monoisotopic (exact) mass is 212 g/mol. The first-order valence-electron chi connectivity index (χ1n) is 5.02. The van der Waals surface area contributed by atoms with Gasteiger partial charge in [-0.05, 0) is 18.6 Å². The zero-order valence-corrected chi connectivity index (χ0v) is 9.23. The lowest BCUT2D eigenvalue weighted by Gasteiger charge is -2.28. The maximum Gasteiger partial charge on any atom is 0.303 e. The van der Waals surface area contributed by atoms with E-state index < -0.39 is 0 Å². The van der Waals surface area contributed by atoms with E-state index in [9.17, 15) is 9.59 Å². The van der Waals surface area contributed by atoms with Crippen LogP contribution in [0.25, 0.3) is 0 Å². The molecule has 1 rings (SSSR count). The van der Waals surface area contributed by atoms with Crippen LogP contribution in [-0.4, -0.2) is 24.1 Å². The molecule has 0 amide bonds. The predicted octanol–water partition coefficient (Wildman–Crippen LogP) is 1.45. The van der Waals surface area contributed by atoms with Crippen LogP contribution in [0.1, 0.15) is 27.2 Å². The normalized spacial score (nSPS) is 29.7. The maximum atomic E-state index is 10.8. The molecular formula is C11H16O4. The molecule has 84 valence electrons. The highest BCUT2D eigenvalue weighted by atomic mass is 16.5. The molecule has 4 heteroatoms. The summed E-state index contributed by atoms with van der Waals surface area (Å²) in [4.78, 5) is 21.5. The molecule has 0 N–H and O–H groups in total. The van der Waals surface area contributed by atoms with Crippen molar-refractivity contribution in [3.63, 3.8) is 0 Å². The van der Waals surface area contributed by atoms with Crippen LogP contribution in [0.15, 0.2) is 12.2 Å². The number of hydrogen-bond donors (Lipinski definition) is 0.